The first-order valence-corrected chi connectivity index (χ1v) is 6.73. The van der Waals surface area contributed by atoms with Crippen LogP contribution in [-0.2, 0) is 4.79 Å². The maximum atomic E-state index is 11.0. The van der Waals surface area contributed by atoms with Crippen molar-refractivity contribution in [1.29, 1.82) is 0 Å². The van der Waals surface area contributed by atoms with E-state index in [0.717, 1.165) is 31.1 Å². The van der Waals surface area contributed by atoms with Crippen molar-refractivity contribution in [3.63, 3.8) is 0 Å². The Bertz CT molecular complexity index is 365. The van der Waals surface area contributed by atoms with Gasteiger partial charge in [0.05, 0.1) is 5.60 Å². The van der Waals surface area contributed by atoms with Crippen molar-refractivity contribution in [2.45, 2.75) is 59.0 Å². The van der Waals surface area contributed by atoms with E-state index in [1.165, 1.54) is 5.57 Å². The van der Waals surface area contributed by atoms with E-state index in [4.69, 9.17) is 0 Å². The molecule has 1 N–H and O–H groups in total. The summed E-state index contributed by atoms with van der Waals surface area (Å²) in [4.78, 5) is 10.4. The van der Waals surface area contributed by atoms with E-state index in [-0.39, 0.29) is 11.3 Å². The van der Waals surface area contributed by atoms with Crippen LogP contribution in [0, 0.1) is 11.3 Å². The zero-order chi connectivity index (χ0) is 14.0. The number of hydrogen-bond donors (Lipinski definition) is 1. The second kappa shape index (κ2) is 5.40. The van der Waals surface area contributed by atoms with Crippen LogP contribution in [0.15, 0.2) is 23.8 Å². The van der Waals surface area contributed by atoms with Crippen LogP contribution in [0.1, 0.15) is 53.4 Å². The van der Waals surface area contributed by atoms with Crippen LogP contribution in [0.2, 0.25) is 0 Å². The number of aliphatic hydroxyl groups is 1. The predicted molar refractivity (Wildman–Crippen MR) is 75.3 cm³/mol. The van der Waals surface area contributed by atoms with E-state index in [2.05, 4.69) is 27.4 Å². The molecule has 0 aromatic heterocycles. The highest BCUT2D eigenvalue weighted by Gasteiger charge is 2.49. The molecule has 1 aliphatic carbocycles. The molecule has 2 unspecified atom stereocenters. The lowest BCUT2D eigenvalue weighted by Crippen LogP contribution is -2.52. The summed E-state index contributed by atoms with van der Waals surface area (Å²) in [6, 6.07) is 0. The predicted octanol–water partition coefficient (Wildman–Crippen LogP) is 3.66. The molecule has 0 aliphatic heterocycles. The van der Waals surface area contributed by atoms with E-state index >= 15 is 0 Å². The largest absolute Gasteiger partial charge is 0.389 e. The minimum atomic E-state index is -0.674. The topological polar surface area (TPSA) is 37.3 Å². The molecule has 1 aliphatic rings. The molecule has 0 amide bonds. The van der Waals surface area contributed by atoms with E-state index in [0.29, 0.717) is 6.42 Å². The minimum Gasteiger partial charge on any atom is -0.389 e. The zero-order valence-corrected chi connectivity index (χ0v) is 12.1. The van der Waals surface area contributed by atoms with Crippen LogP contribution >= 0.6 is 0 Å². The molecule has 1 fully saturated rings. The van der Waals surface area contributed by atoms with E-state index in [1.807, 2.05) is 6.92 Å². The first-order valence-electron chi connectivity index (χ1n) is 6.73. The maximum absolute atomic E-state index is 11.0. The second-order valence-corrected chi connectivity index (χ2v) is 6.49. The summed E-state index contributed by atoms with van der Waals surface area (Å²) < 4.78 is 0. The summed E-state index contributed by atoms with van der Waals surface area (Å²) in [5.41, 5.74) is 1.44. The van der Waals surface area contributed by atoms with Crippen LogP contribution in [0.25, 0.3) is 0 Å². The molecule has 0 saturated heterocycles. The summed E-state index contributed by atoms with van der Waals surface area (Å²) in [5.74, 6) is 0.220. The van der Waals surface area contributed by atoms with Gasteiger partial charge in [-0.05, 0) is 50.0 Å². The quantitative estimate of drug-likeness (QED) is 0.470. The molecule has 2 atom stereocenters. The van der Waals surface area contributed by atoms with Crippen LogP contribution < -0.4 is 0 Å². The molecular formula is C16H26O2. The number of carbonyl (C=O) groups is 1. The summed E-state index contributed by atoms with van der Waals surface area (Å²) >= 11 is 0. The third kappa shape index (κ3) is 2.92. The normalized spacial score (nSPS) is 32.4. The Balaban J connectivity index is 2.84. The van der Waals surface area contributed by atoms with Gasteiger partial charge in [0.15, 0.2) is 0 Å². The number of allylic oxidation sites excluding steroid dienone is 3. The SMILES string of the molecule is C=C1CC(C)C(O)(CC/C(C)=C\C=O)C(C)(C)C1. The summed E-state index contributed by atoms with van der Waals surface area (Å²) in [6.45, 7) is 12.4. The Morgan fingerprint density at radius 1 is 1.56 bits per heavy atom. The van der Waals surface area contributed by atoms with Gasteiger partial charge in [-0.2, -0.15) is 0 Å². The molecule has 0 aromatic carbocycles. The van der Waals surface area contributed by atoms with Crippen molar-refractivity contribution < 1.29 is 9.90 Å². The lowest BCUT2D eigenvalue weighted by atomic mass is 9.58. The molecule has 1 rings (SSSR count). The van der Waals surface area contributed by atoms with Crippen molar-refractivity contribution in [3.8, 4) is 0 Å². The fourth-order valence-electron chi connectivity index (χ4n) is 3.29. The Morgan fingerprint density at radius 3 is 2.67 bits per heavy atom. The number of rotatable bonds is 4. The van der Waals surface area contributed by atoms with Gasteiger partial charge in [0.25, 0.3) is 0 Å². The van der Waals surface area contributed by atoms with Crippen molar-refractivity contribution in [3.05, 3.63) is 23.8 Å². The van der Waals surface area contributed by atoms with Crippen LogP contribution in [0.3, 0.4) is 0 Å². The standard InChI is InChI=1S/C16H26O2/c1-12(7-9-17)6-8-16(18)14(3)10-13(2)11-15(16,4)5/h7,9,14,18H,2,6,8,10-11H2,1,3-5H3/b12-7-. The van der Waals surface area contributed by atoms with Crippen LogP contribution in [0.4, 0.5) is 0 Å². The molecule has 1 saturated carbocycles. The highest BCUT2D eigenvalue weighted by Crippen LogP contribution is 2.51. The van der Waals surface area contributed by atoms with Gasteiger partial charge in [0, 0.05) is 0 Å². The average molecular weight is 250 g/mol. The third-order valence-electron chi connectivity index (χ3n) is 4.53. The van der Waals surface area contributed by atoms with Crippen molar-refractivity contribution in [2.24, 2.45) is 11.3 Å². The van der Waals surface area contributed by atoms with Gasteiger partial charge in [-0.25, -0.2) is 0 Å². The van der Waals surface area contributed by atoms with E-state index in [1.54, 1.807) is 6.08 Å². The van der Waals surface area contributed by atoms with Crippen molar-refractivity contribution in [1.82, 2.24) is 0 Å². The monoisotopic (exact) mass is 250 g/mol. The van der Waals surface area contributed by atoms with Gasteiger partial charge in [-0.3, -0.25) is 4.79 Å². The first-order chi connectivity index (χ1) is 8.23. The second-order valence-electron chi connectivity index (χ2n) is 6.49. The minimum absolute atomic E-state index is 0.150. The molecule has 0 aromatic rings. The Kier molecular flexibility index (Phi) is 4.55. The van der Waals surface area contributed by atoms with Gasteiger partial charge in [0.1, 0.15) is 6.29 Å². The molecule has 0 bridgehead atoms. The van der Waals surface area contributed by atoms with Gasteiger partial charge < -0.3 is 5.11 Å². The van der Waals surface area contributed by atoms with Gasteiger partial charge in [0.2, 0.25) is 0 Å². The van der Waals surface area contributed by atoms with Gasteiger partial charge >= 0.3 is 0 Å². The van der Waals surface area contributed by atoms with Gasteiger partial charge in [-0.1, -0.05) is 38.5 Å². The molecular weight excluding hydrogens is 224 g/mol. The fourth-order valence-corrected chi connectivity index (χ4v) is 3.29. The molecule has 2 nitrogen and oxygen atoms in total. The fraction of sp³-hybridized carbons (Fsp3) is 0.688. The Labute approximate surface area is 111 Å². The number of carbonyl (C=O) groups excluding carboxylic acids is 1. The molecule has 18 heavy (non-hydrogen) atoms. The van der Waals surface area contributed by atoms with Crippen LogP contribution in [-0.4, -0.2) is 17.0 Å². The summed E-state index contributed by atoms with van der Waals surface area (Å²) in [6.07, 6.45) is 5.67. The highest BCUT2D eigenvalue weighted by atomic mass is 16.3. The number of aldehydes is 1. The van der Waals surface area contributed by atoms with Crippen molar-refractivity contribution >= 4 is 6.29 Å². The molecule has 2 heteroatoms. The number of hydrogen-bond acceptors (Lipinski definition) is 2. The van der Waals surface area contributed by atoms with Crippen molar-refractivity contribution in [2.75, 3.05) is 0 Å². The molecule has 102 valence electrons. The lowest BCUT2D eigenvalue weighted by Gasteiger charge is -2.51. The smallest absolute Gasteiger partial charge is 0.142 e. The molecule has 0 heterocycles. The maximum Gasteiger partial charge on any atom is 0.142 e. The summed E-state index contributed by atoms with van der Waals surface area (Å²) in [5, 5.41) is 11.0. The van der Waals surface area contributed by atoms with E-state index < -0.39 is 5.60 Å². The zero-order valence-electron chi connectivity index (χ0n) is 12.1. The van der Waals surface area contributed by atoms with Crippen LogP contribution in [0.5, 0.6) is 0 Å². The molecule has 0 radical (unpaired) electrons. The first kappa shape index (κ1) is 15.2. The third-order valence-corrected chi connectivity index (χ3v) is 4.53. The summed E-state index contributed by atoms with van der Waals surface area (Å²) in [7, 11) is 0. The Hall–Kier alpha value is -0.890. The highest BCUT2D eigenvalue weighted by molar-refractivity contribution is 5.65. The average Bonchev–Trinajstić information content (AvgIpc) is 2.23. The lowest BCUT2D eigenvalue weighted by molar-refractivity contribution is -0.126. The Morgan fingerprint density at radius 2 is 2.17 bits per heavy atom. The van der Waals surface area contributed by atoms with Gasteiger partial charge in [-0.15, -0.1) is 0 Å². The molecule has 0 spiro atoms. The van der Waals surface area contributed by atoms with E-state index in [9.17, 15) is 9.90 Å².